The first-order valence-corrected chi connectivity index (χ1v) is 11.5. The van der Waals surface area contributed by atoms with Crippen molar-refractivity contribution in [3.05, 3.63) is 82.9 Å². The molecule has 1 amide bonds. The van der Waals surface area contributed by atoms with E-state index in [0.29, 0.717) is 35.2 Å². The molecule has 10 heteroatoms. The van der Waals surface area contributed by atoms with Crippen molar-refractivity contribution in [1.82, 2.24) is 19.9 Å². The third-order valence-corrected chi connectivity index (χ3v) is 5.33. The van der Waals surface area contributed by atoms with Crippen LogP contribution >= 0.6 is 12.2 Å². The van der Waals surface area contributed by atoms with Crippen LogP contribution in [-0.4, -0.2) is 39.0 Å². The Kier molecular flexibility index (Phi) is 7.74. The molecule has 0 saturated heterocycles. The van der Waals surface area contributed by atoms with Gasteiger partial charge in [-0.1, -0.05) is 23.8 Å². The van der Waals surface area contributed by atoms with E-state index in [9.17, 15) is 4.79 Å². The highest BCUT2D eigenvalue weighted by molar-refractivity contribution is 7.71. The molecule has 0 spiro atoms. The molecule has 4 rings (SSSR count). The van der Waals surface area contributed by atoms with E-state index in [1.54, 1.807) is 23.1 Å². The van der Waals surface area contributed by atoms with Crippen LogP contribution in [0.25, 0.3) is 11.4 Å². The molecule has 0 unspecified atom stereocenters. The van der Waals surface area contributed by atoms with Gasteiger partial charge in [0.25, 0.3) is 5.91 Å². The molecule has 35 heavy (non-hydrogen) atoms. The molecule has 4 aromatic rings. The number of ether oxygens (including phenoxy) is 2. The second-order valence-electron chi connectivity index (χ2n) is 7.68. The summed E-state index contributed by atoms with van der Waals surface area (Å²) in [5, 5.41) is 9.94. The summed E-state index contributed by atoms with van der Waals surface area (Å²) in [6, 6.07) is 16.9. The molecule has 0 bridgehead atoms. The molecule has 0 aliphatic carbocycles. The predicted molar refractivity (Wildman–Crippen MR) is 137 cm³/mol. The van der Waals surface area contributed by atoms with Gasteiger partial charge in [0, 0.05) is 23.6 Å². The molecule has 180 valence electrons. The molecule has 0 radical (unpaired) electrons. The van der Waals surface area contributed by atoms with Gasteiger partial charge in [0.1, 0.15) is 0 Å². The lowest BCUT2D eigenvalue weighted by Crippen LogP contribution is -2.20. The predicted octanol–water partition coefficient (Wildman–Crippen LogP) is 4.47. The van der Waals surface area contributed by atoms with Crippen LogP contribution in [0.5, 0.6) is 11.5 Å². The minimum Gasteiger partial charge on any atom is -0.490 e. The van der Waals surface area contributed by atoms with Gasteiger partial charge in [0.15, 0.2) is 23.9 Å². The van der Waals surface area contributed by atoms with Crippen LogP contribution in [0.15, 0.2) is 67.0 Å². The number of pyridine rings is 1. The van der Waals surface area contributed by atoms with Crippen LogP contribution in [-0.2, 0) is 11.3 Å². The van der Waals surface area contributed by atoms with Crippen molar-refractivity contribution in [3.8, 4) is 22.9 Å². The van der Waals surface area contributed by atoms with Crippen molar-refractivity contribution >= 4 is 23.8 Å². The van der Waals surface area contributed by atoms with Gasteiger partial charge >= 0.3 is 0 Å². The van der Waals surface area contributed by atoms with Gasteiger partial charge in [-0.2, -0.15) is 5.10 Å². The monoisotopic (exact) mass is 490 g/mol. The lowest BCUT2D eigenvalue weighted by atomic mass is 10.2. The molecule has 2 heterocycles. The van der Waals surface area contributed by atoms with Gasteiger partial charge in [0.05, 0.1) is 13.2 Å². The number of benzene rings is 2. The number of carbonyl (C=O) groups is 1. The van der Waals surface area contributed by atoms with Crippen LogP contribution in [0, 0.1) is 11.7 Å². The average Bonchev–Trinajstić information content (AvgIpc) is 3.24. The summed E-state index contributed by atoms with van der Waals surface area (Å²) in [5.41, 5.74) is 6.95. The SMILES string of the molecule is CCOc1cc(CNn2c(-c3ccncc3)n[nH]c2=S)ccc1OCC(=O)Nc1ccc(C)cc1. The number of carbonyl (C=O) groups excluding carboxylic acids is 1. The van der Waals surface area contributed by atoms with Crippen molar-refractivity contribution in [3.63, 3.8) is 0 Å². The van der Waals surface area contributed by atoms with Gasteiger partial charge < -0.3 is 20.2 Å². The van der Waals surface area contributed by atoms with E-state index in [4.69, 9.17) is 21.7 Å². The van der Waals surface area contributed by atoms with Crippen LogP contribution in [0.2, 0.25) is 0 Å². The minimum atomic E-state index is -0.250. The van der Waals surface area contributed by atoms with Gasteiger partial charge in [-0.05, 0) is 68.0 Å². The first-order chi connectivity index (χ1) is 17.0. The summed E-state index contributed by atoms with van der Waals surface area (Å²) in [5.74, 6) is 1.45. The Morgan fingerprint density at radius 3 is 2.57 bits per heavy atom. The number of aromatic amines is 1. The van der Waals surface area contributed by atoms with E-state index in [2.05, 4.69) is 25.9 Å². The average molecular weight is 491 g/mol. The zero-order chi connectivity index (χ0) is 24.6. The summed E-state index contributed by atoms with van der Waals surface area (Å²) in [6.07, 6.45) is 3.40. The Hall–Kier alpha value is -4.18. The molecule has 0 aliphatic heterocycles. The summed E-state index contributed by atoms with van der Waals surface area (Å²) in [4.78, 5) is 16.4. The zero-order valence-corrected chi connectivity index (χ0v) is 20.3. The maximum absolute atomic E-state index is 12.3. The van der Waals surface area contributed by atoms with Crippen LogP contribution in [0.3, 0.4) is 0 Å². The third-order valence-electron chi connectivity index (χ3n) is 5.05. The fourth-order valence-corrected chi connectivity index (χ4v) is 3.53. The second-order valence-corrected chi connectivity index (χ2v) is 8.06. The highest BCUT2D eigenvalue weighted by atomic mass is 32.1. The zero-order valence-electron chi connectivity index (χ0n) is 19.4. The number of anilines is 1. The number of hydrogen-bond acceptors (Lipinski definition) is 7. The van der Waals surface area contributed by atoms with Gasteiger partial charge in [0.2, 0.25) is 4.77 Å². The highest BCUT2D eigenvalue weighted by Crippen LogP contribution is 2.29. The van der Waals surface area contributed by atoms with Crippen molar-refractivity contribution in [2.24, 2.45) is 0 Å². The van der Waals surface area contributed by atoms with Gasteiger partial charge in [-0.15, -0.1) is 0 Å². The van der Waals surface area contributed by atoms with E-state index in [-0.39, 0.29) is 12.5 Å². The first-order valence-electron chi connectivity index (χ1n) is 11.1. The molecule has 0 atom stereocenters. The van der Waals surface area contributed by atoms with Crippen LogP contribution < -0.4 is 20.2 Å². The highest BCUT2D eigenvalue weighted by Gasteiger charge is 2.12. The number of hydrogen-bond donors (Lipinski definition) is 3. The standard InChI is InChI=1S/C25H26N6O3S/c1-3-33-22-14-18(15-27-31-24(29-30-25(31)35)19-10-12-26-13-11-19)6-9-21(22)34-16-23(32)28-20-7-4-17(2)5-8-20/h4-14,27H,3,15-16H2,1-2H3,(H,28,32)(H,30,35). The Balaban J connectivity index is 1.41. The number of H-pyrrole nitrogens is 1. The number of amides is 1. The number of rotatable bonds is 10. The fraction of sp³-hybridized carbons (Fsp3) is 0.200. The molecule has 2 aromatic carbocycles. The Morgan fingerprint density at radius 2 is 1.83 bits per heavy atom. The number of aromatic nitrogens is 4. The van der Waals surface area contributed by atoms with E-state index in [1.165, 1.54) is 0 Å². The summed E-state index contributed by atoms with van der Waals surface area (Å²) in [7, 11) is 0. The van der Waals surface area contributed by atoms with Crippen molar-refractivity contribution in [1.29, 1.82) is 0 Å². The van der Waals surface area contributed by atoms with Crippen LogP contribution in [0.1, 0.15) is 18.1 Å². The third kappa shape index (κ3) is 6.24. The maximum Gasteiger partial charge on any atom is 0.262 e. The minimum absolute atomic E-state index is 0.134. The second kappa shape index (κ2) is 11.3. The molecule has 3 N–H and O–H groups in total. The summed E-state index contributed by atoms with van der Waals surface area (Å²) in [6.45, 7) is 4.67. The van der Waals surface area contributed by atoms with Crippen molar-refractivity contribution in [2.45, 2.75) is 20.4 Å². The number of nitrogens with zero attached hydrogens (tertiary/aromatic N) is 3. The lowest BCUT2D eigenvalue weighted by molar-refractivity contribution is -0.118. The fourth-order valence-electron chi connectivity index (χ4n) is 3.34. The number of aryl methyl sites for hydroxylation is 1. The Bertz CT molecular complexity index is 1340. The van der Waals surface area contributed by atoms with E-state index in [0.717, 1.165) is 22.4 Å². The molecular formula is C25H26N6O3S. The molecule has 0 fully saturated rings. The van der Waals surface area contributed by atoms with Gasteiger partial charge in [-0.3, -0.25) is 9.78 Å². The van der Waals surface area contributed by atoms with E-state index >= 15 is 0 Å². The topological polar surface area (TPSA) is 106 Å². The molecule has 2 aromatic heterocycles. The number of nitrogens with one attached hydrogen (secondary N) is 3. The summed E-state index contributed by atoms with van der Waals surface area (Å²) >= 11 is 5.37. The maximum atomic E-state index is 12.3. The molecular weight excluding hydrogens is 464 g/mol. The smallest absolute Gasteiger partial charge is 0.262 e. The normalized spacial score (nSPS) is 10.6. The quantitative estimate of drug-likeness (QED) is 0.282. The molecule has 0 saturated carbocycles. The summed E-state index contributed by atoms with van der Waals surface area (Å²) < 4.78 is 13.7. The lowest BCUT2D eigenvalue weighted by Gasteiger charge is -2.15. The molecule has 9 nitrogen and oxygen atoms in total. The van der Waals surface area contributed by atoms with Crippen molar-refractivity contribution in [2.75, 3.05) is 24.0 Å². The van der Waals surface area contributed by atoms with E-state index < -0.39 is 0 Å². The van der Waals surface area contributed by atoms with Crippen LogP contribution in [0.4, 0.5) is 5.69 Å². The Labute approximate surface area is 208 Å². The van der Waals surface area contributed by atoms with Crippen molar-refractivity contribution < 1.29 is 14.3 Å². The first kappa shape index (κ1) is 24.0. The Morgan fingerprint density at radius 1 is 1.06 bits per heavy atom. The van der Waals surface area contributed by atoms with E-state index in [1.807, 2.05) is 62.4 Å². The largest absolute Gasteiger partial charge is 0.490 e. The van der Waals surface area contributed by atoms with Gasteiger partial charge in [-0.25, -0.2) is 9.77 Å². The molecule has 0 aliphatic rings.